The van der Waals surface area contributed by atoms with Crippen molar-refractivity contribution in [2.75, 3.05) is 6.54 Å². The molecule has 0 radical (unpaired) electrons. The second-order valence-electron chi connectivity index (χ2n) is 7.80. The molecule has 0 aliphatic rings. The van der Waals surface area contributed by atoms with Crippen LogP contribution in [0.25, 0.3) is 0 Å². The maximum atomic E-state index is 10.6. The summed E-state index contributed by atoms with van der Waals surface area (Å²) in [5.74, 6) is -1.49. The van der Waals surface area contributed by atoms with Gasteiger partial charge in [-0.3, -0.25) is 5.32 Å². The molecule has 0 amide bonds. The van der Waals surface area contributed by atoms with Gasteiger partial charge in [-0.25, -0.2) is 0 Å². The third kappa shape index (κ3) is 21.7. The number of hydrogen-bond donors (Lipinski definition) is 1. The van der Waals surface area contributed by atoms with Crippen LogP contribution in [0.3, 0.4) is 0 Å². The monoisotopic (exact) mass is 445 g/mol. The number of halogens is 2. The summed E-state index contributed by atoms with van der Waals surface area (Å²) in [5, 5.41) is 13.2. The first-order chi connectivity index (χ1) is 13.0. The third-order valence-electron chi connectivity index (χ3n) is 5.13. The van der Waals surface area contributed by atoms with Gasteiger partial charge < -0.3 is 9.90 Å². The van der Waals surface area contributed by atoms with Crippen LogP contribution in [0.1, 0.15) is 122 Å². The number of carboxylic acids is 1. The molecule has 0 aromatic carbocycles. The Morgan fingerprint density at radius 1 is 0.679 bits per heavy atom. The molecule has 1 N–H and O–H groups in total. The second kappa shape index (κ2) is 22.7. The zero-order chi connectivity index (χ0) is 20.2. The van der Waals surface area contributed by atoms with Crippen LogP contribution in [0.15, 0.2) is 0 Å². The van der Waals surface area contributed by atoms with Crippen LogP contribution in [0.2, 0.25) is 0 Å². The number of carboxylic acid groups (broad SMARTS) is 1. The fourth-order valence-corrected chi connectivity index (χ4v) is 3.53. The van der Waals surface area contributed by atoms with Crippen molar-refractivity contribution in [2.24, 2.45) is 0 Å². The van der Waals surface area contributed by atoms with Gasteiger partial charge in [0.15, 0.2) is 0 Å². The summed E-state index contributed by atoms with van der Waals surface area (Å²) in [7, 11) is 0. The van der Waals surface area contributed by atoms with Gasteiger partial charge in [0.1, 0.15) is 0 Å². The van der Waals surface area contributed by atoms with Gasteiger partial charge in [-0.2, -0.15) is 0 Å². The fraction of sp³-hybridized carbons (Fsp3) is 0.955. The number of aliphatic carboxylic acids is 1. The number of rotatable bonds is 21. The average molecular weight is 446 g/mol. The van der Waals surface area contributed by atoms with Crippen LogP contribution in [0, 0.1) is 0 Å². The minimum atomic E-state index is -1.96. The van der Waals surface area contributed by atoms with Crippen LogP contribution >= 0.6 is 23.2 Å². The van der Waals surface area contributed by atoms with Gasteiger partial charge in [-0.05, 0) is 13.0 Å². The molecule has 0 unspecified atom stereocenters. The van der Waals surface area contributed by atoms with E-state index in [0.717, 1.165) is 12.8 Å². The molecule has 0 atom stereocenters. The first kappa shape index (κ1) is 31.2. The van der Waals surface area contributed by atoms with Crippen molar-refractivity contribution in [1.82, 2.24) is 5.32 Å². The number of carbonyl (C=O) groups is 1. The molecule has 0 aromatic rings. The molecule has 3 nitrogen and oxygen atoms in total. The Bertz CT molecular complexity index is 344. The molecule has 0 saturated carbocycles. The van der Waals surface area contributed by atoms with Crippen LogP contribution in [-0.4, -0.2) is 17.0 Å². The molecule has 0 heterocycles. The molecule has 0 aromatic heterocycles. The van der Waals surface area contributed by atoms with Gasteiger partial charge in [0.05, 0.1) is 5.97 Å². The molecule has 6 heteroatoms. The van der Waals surface area contributed by atoms with Crippen LogP contribution in [0.5, 0.6) is 0 Å². The van der Waals surface area contributed by atoms with Crippen molar-refractivity contribution >= 4 is 29.2 Å². The fourth-order valence-electron chi connectivity index (χ4n) is 3.34. The summed E-state index contributed by atoms with van der Waals surface area (Å²) in [6.07, 6.45) is 23.9. The number of unbranched alkanes of at least 4 members (excludes halogenated alkanes) is 17. The molecule has 28 heavy (non-hydrogen) atoms. The first-order valence-corrected chi connectivity index (χ1v) is 12.1. The van der Waals surface area contributed by atoms with E-state index in [-0.39, 0.29) is 29.6 Å². The molecule has 0 rings (SSSR count). The van der Waals surface area contributed by atoms with E-state index in [1.165, 1.54) is 103 Å². The van der Waals surface area contributed by atoms with Crippen LogP contribution in [0.4, 0.5) is 0 Å². The molecule has 162 valence electrons. The van der Waals surface area contributed by atoms with E-state index < -0.39 is 10.4 Å². The van der Waals surface area contributed by atoms with Crippen molar-refractivity contribution in [3.8, 4) is 0 Å². The number of alkyl halides is 2. The topological polar surface area (TPSA) is 52.2 Å². The molecule has 0 aliphatic carbocycles. The van der Waals surface area contributed by atoms with Crippen molar-refractivity contribution in [3.05, 3.63) is 0 Å². The Morgan fingerprint density at radius 3 is 1.25 bits per heavy atom. The van der Waals surface area contributed by atoms with Gasteiger partial charge in [-0.15, -0.1) is 0 Å². The Balaban J connectivity index is 0. The standard InChI is InChI=1S/C22H43Cl2NO2.Na/c1-2-3-4-5-6-7-8-9-10-11-12-13-14-15-16-17-18-19-20-25-22(23,24)21(26)27;/h25H,2-20H2,1H3,(H,26,27);/q;+1/p-1. The molecular formula is C22H42Cl2NNaO2. The maximum absolute atomic E-state index is 10.6. The van der Waals surface area contributed by atoms with Crippen molar-refractivity contribution < 1.29 is 39.5 Å². The second-order valence-corrected chi connectivity index (χ2v) is 9.13. The quantitative estimate of drug-likeness (QED) is 0.127. The van der Waals surface area contributed by atoms with Crippen molar-refractivity contribution in [2.45, 2.75) is 127 Å². The molecule has 0 aliphatic heterocycles. The summed E-state index contributed by atoms with van der Waals surface area (Å²) in [5.41, 5.74) is 0. The average Bonchev–Trinajstić information content (AvgIpc) is 2.63. The van der Waals surface area contributed by atoms with E-state index in [1.54, 1.807) is 0 Å². The van der Waals surface area contributed by atoms with E-state index in [0.29, 0.717) is 6.54 Å². The Hall–Kier alpha value is 1.01. The SMILES string of the molecule is CCCCCCCCCCCCCCCCCCCCNC(Cl)(Cl)C(=O)[O-].[Na+]. The van der Waals surface area contributed by atoms with Gasteiger partial charge in [0, 0.05) is 0 Å². The smallest absolute Gasteiger partial charge is 0.545 e. The zero-order valence-corrected chi connectivity index (χ0v) is 22.0. The molecule has 0 fully saturated rings. The van der Waals surface area contributed by atoms with E-state index >= 15 is 0 Å². The minimum absolute atomic E-state index is 0. The maximum Gasteiger partial charge on any atom is 1.00 e. The van der Waals surface area contributed by atoms with Gasteiger partial charge in [0.25, 0.3) is 0 Å². The number of hydrogen-bond acceptors (Lipinski definition) is 3. The normalized spacial score (nSPS) is 11.4. The Kier molecular flexibility index (Phi) is 25.3. The van der Waals surface area contributed by atoms with Crippen molar-refractivity contribution in [1.29, 1.82) is 0 Å². The van der Waals surface area contributed by atoms with Crippen molar-refractivity contribution in [3.63, 3.8) is 0 Å². The molecule has 0 saturated heterocycles. The largest absolute Gasteiger partial charge is 1.00 e. The van der Waals surface area contributed by atoms with E-state index in [9.17, 15) is 9.90 Å². The number of nitrogens with one attached hydrogen (secondary N) is 1. The summed E-state index contributed by atoms with van der Waals surface area (Å²) in [6.45, 7) is 2.77. The molecular weight excluding hydrogens is 404 g/mol. The first-order valence-electron chi connectivity index (χ1n) is 11.3. The van der Waals surface area contributed by atoms with E-state index in [2.05, 4.69) is 12.2 Å². The Morgan fingerprint density at radius 2 is 0.964 bits per heavy atom. The Labute approximate surface area is 206 Å². The summed E-state index contributed by atoms with van der Waals surface area (Å²) in [6, 6.07) is 0. The molecule has 0 spiro atoms. The predicted octanol–water partition coefficient (Wildman–Crippen LogP) is 3.50. The third-order valence-corrected chi connectivity index (χ3v) is 5.71. The predicted molar refractivity (Wildman–Crippen MR) is 116 cm³/mol. The summed E-state index contributed by atoms with van der Waals surface area (Å²) < 4.78 is -1.96. The summed E-state index contributed by atoms with van der Waals surface area (Å²) in [4.78, 5) is 10.6. The van der Waals surface area contributed by atoms with Gasteiger partial charge in [0.2, 0.25) is 4.46 Å². The number of carbonyl (C=O) groups excluding carboxylic acids is 1. The molecule has 0 bridgehead atoms. The van der Waals surface area contributed by atoms with Gasteiger partial charge >= 0.3 is 29.6 Å². The van der Waals surface area contributed by atoms with Crippen LogP contribution < -0.4 is 40.0 Å². The van der Waals surface area contributed by atoms with Crippen LogP contribution in [-0.2, 0) is 4.79 Å². The van der Waals surface area contributed by atoms with E-state index in [4.69, 9.17) is 23.2 Å². The van der Waals surface area contributed by atoms with Gasteiger partial charge in [-0.1, -0.05) is 139 Å². The summed E-state index contributed by atoms with van der Waals surface area (Å²) >= 11 is 11.1. The minimum Gasteiger partial charge on any atom is -0.545 e. The zero-order valence-electron chi connectivity index (χ0n) is 18.5. The van der Waals surface area contributed by atoms with E-state index in [1.807, 2.05) is 0 Å².